The van der Waals surface area contributed by atoms with Crippen LogP contribution >= 0.6 is 0 Å². The van der Waals surface area contributed by atoms with Crippen molar-refractivity contribution in [1.29, 1.82) is 0 Å². The van der Waals surface area contributed by atoms with Crippen molar-refractivity contribution in [3.8, 4) is 28.4 Å². The second-order valence-electron chi connectivity index (χ2n) is 7.52. The minimum atomic E-state index is -3.37. The third-order valence-corrected chi connectivity index (χ3v) is 7.52. The lowest BCUT2D eigenvalue weighted by Gasteiger charge is -2.16. The molecule has 0 spiro atoms. The van der Waals surface area contributed by atoms with Crippen LogP contribution in [0.2, 0.25) is 0 Å². The van der Waals surface area contributed by atoms with Gasteiger partial charge in [-0.15, -0.1) is 0 Å². The molecule has 0 bridgehead atoms. The van der Waals surface area contributed by atoms with Crippen LogP contribution in [0.15, 0.2) is 53.4 Å². The summed E-state index contributed by atoms with van der Waals surface area (Å²) < 4.78 is 39.9. The van der Waals surface area contributed by atoms with Gasteiger partial charge in [-0.3, -0.25) is 4.40 Å². The largest absolute Gasteiger partial charge is 0.497 e. The lowest BCUT2D eigenvalue weighted by atomic mass is 10.1. The number of rotatable bonds is 7. The highest BCUT2D eigenvalue weighted by Gasteiger charge is 2.33. The van der Waals surface area contributed by atoms with Gasteiger partial charge in [-0.1, -0.05) is 12.1 Å². The van der Waals surface area contributed by atoms with Crippen molar-refractivity contribution >= 4 is 22.0 Å². The van der Waals surface area contributed by atoms with E-state index >= 15 is 0 Å². The molecule has 0 atom stereocenters. The maximum absolute atomic E-state index is 12.2. The molecular formula is C21H23N7O4S. The Hall–Kier alpha value is -3.48. The maximum atomic E-state index is 12.2. The van der Waals surface area contributed by atoms with E-state index in [0.29, 0.717) is 49.4 Å². The van der Waals surface area contributed by atoms with Gasteiger partial charge >= 0.3 is 5.84 Å². The summed E-state index contributed by atoms with van der Waals surface area (Å²) in [6.45, 7) is 1.67. The van der Waals surface area contributed by atoms with E-state index in [9.17, 15) is 8.42 Å². The van der Waals surface area contributed by atoms with Crippen molar-refractivity contribution in [1.82, 2.24) is 28.0 Å². The number of nitrogens with one attached hydrogen (secondary N) is 1. The summed E-state index contributed by atoms with van der Waals surface area (Å²) in [7, 11) is -0.172. The van der Waals surface area contributed by atoms with E-state index in [1.165, 1.54) is 8.61 Å². The van der Waals surface area contributed by atoms with Crippen molar-refractivity contribution in [2.24, 2.45) is 0 Å². The molecule has 1 N–H and O–H groups in total. The highest BCUT2D eigenvalue weighted by atomic mass is 32.2. The van der Waals surface area contributed by atoms with Crippen molar-refractivity contribution in [2.45, 2.75) is 0 Å². The number of benzene rings is 1. The molecule has 12 heteroatoms. The Morgan fingerprint density at radius 1 is 1.21 bits per heavy atom. The monoisotopic (exact) mass is 469 g/mol. The van der Waals surface area contributed by atoms with Gasteiger partial charge < -0.3 is 14.5 Å². The smallest absolute Gasteiger partial charge is 0.306 e. The first-order valence-electron chi connectivity index (χ1n) is 10.4. The number of aromatic nitrogens is 4. The van der Waals surface area contributed by atoms with Gasteiger partial charge in [0.25, 0.3) is 10.2 Å². The molecule has 1 aliphatic rings. The number of hydrogen-bond donors (Lipinski definition) is 1. The minimum Gasteiger partial charge on any atom is -0.497 e. The van der Waals surface area contributed by atoms with Gasteiger partial charge in [0.05, 0.1) is 12.8 Å². The molecule has 1 aromatic carbocycles. The number of anilines is 1. The number of hydrogen-bond acceptors (Lipinski definition) is 8. The molecule has 4 aromatic rings. The summed E-state index contributed by atoms with van der Waals surface area (Å²) in [5.41, 5.74) is 2.96. The molecule has 11 nitrogen and oxygen atoms in total. The number of methoxy groups -OCH3 is 1. The van der Waals surface area contributed by atoms with Crippen LogP contribution in [-0.4, -0.2) is 76.7 Å². The van der Waals surface area contributed by atoms with Gasteiger partial charge in [-0.25, -0.2) is 9.97 Å². The predicted octanol–water partition coefficient (Wildman–Crippen LogP) is 1.96. The summed E-state index contributed by atoms with van der Waals surface area (Å²) in [6, 6.07) is 9.41. The molecule has 0 aliphatic carbocycles. The van der Waals surface area contributed by atoms with Gasteiger partial charge in [0.15, 0.2) is 0 Å². The Morgan fingerprint density at radius 3 is 2.88 bits per heavy atom. The second kappa shape index (κ2) is 8.46. The molecule has 0 radical (unpaired) electrons. The van der Waals surface area contributed by atoms with Gasteiger partial charge in [-0.2, -0.15) is 22.0 Å². The Labute approximate surface area is 190 Å². The minimum absolute atomic E-state index is 0.327. The number of nitrogens with zero attached hydrogens (tertiary/aromatic N) is 6. The van der Waals surface area contributed by atoms with Crippen LogP contribution in [0.25, 0.3) is 28.5 Å². The molecule has 0 saturated carbocycles. The molecule has 172 valence electrons. The normalized spacial score (nSPS) is 16.4. The topological polar surface area (TPSA) is 118 Å². The molecule has 1 fully saturated rings. The average molecular weight is 470 g/mol. The van der Waals surface area contributed by atoms with Crippen LogP contribution in [0.5, 0.6) is 5.75 Å². The Balaban J connectivity index is 1.43. The fraction of sp³-hybridized carbons (Fsp3) is 0.286. The first kappa shape index (κ1) is 21.4. The Kier molecular flexibility index (Phi) is 5.48. The molecular weight excluding hydrogens is 446 g/mol. The molecule has 4 heterocycles. The van der Waals surface area contributed by atoms with E-state index in [2.05, 4.69) is 20.3 Å². The van der Waals surface area contributed by atoms with Crippen LogP contribution in [-0.2, 0) is 10.2 Å². The highest BCUT2D eigenvalue weighted by molar-refractivity contribution is 7.87. The van der Waals surface area contributed by atoms with Crippen LogP contribution in [0.3, 0.4) is 0 Å². The fourth-order valence-corrected chi connectivity index (χ4v) is 5.12. The van der Waals surface area contributed by atoms with Gasteiger partial charge in [0, 0.05) is 51.2 Å². The van der Waals surface area contributed by atoms with E-state index in [4.69, 9.17) is 9.15 Å². The molecule has 1 saturated heterocycles. The van der Waals surface area contributed by atoms with E-state index in [1.807, 2.05) is 28.7 Å². The molecule has 1 aliphatic heterocycles. The van der Waals surface area contributed by atoms with Crippen molar-refractivity contribution in [3.05, 3.63) is 49.0 Å². The first-order valence-corrected chi connectivity index (χ1v) is 11.8. The number of imidazole rings is 1. The Bertz CT molecular complexity index is 1400. The molecule has 0 unspecified atom stereocenters. The number of fused-ring (bicyclic) bond motifs is 1. The maximum Gasteiger partial charge on any atom is 0.306 e. The van der Waals surface area contributed by atoms with Crippen LogP contribution in [0.1, 0.15) is 0 Å². The number of likely N-dealkylation sites (N-methyl/N-ethyl adjacent to an activating group) is 1. The number of ether oxygens (including phenoxy) is 1. The second-order valence-corrected chi connectivity index (χ2v) is 9.55. The van der Waals surface area contributed by atoms with Crippen molar-refractivity contribution in [2.75, 3.05) is 45.7 Å². The zero-order valence-corrected chi connectivity index (χ0v) is 19.0. The van der Waals surface area contributed by atoms with E-state index < -0.39 is 10.2 Å². The first-order chi connectivity index (χ1) is 16.0. The zero-order chi connectivity index (χ0) is 23.0. The van der Waals surface area contributed by atoms with E-state index in [1.54, 1.807) is 38.9 Å². The highest BCUT2D eigenvalue weighted by Crippen LogP contribution is 2.33. The van der Waals surface area contributed by atoms with Gasteiger partial charge in [-0.05, 0) is 18.2 Å². The zero-order valence-electron chi connectivity index (χ0n) is 18.2. The van der Waals surface area contributed by atoms with Gasteiger partial charge in [0.2, 0.25) is 5.95 Å². The quantitative estimate of drug-likeness (QED) is 0.436. The summed E-state index contributed by atoms with van der Waals surface area (Å²) >= 11 is 0. The van der Waals surface area contributed by atoms with E-state index in [-0.39, 0.29) is 0 Å². The van der Waals surface area contributed by atoms with Crippen molar-refractivity contribution in [3.63, 3.8) is 0 Å². The average Bonchev–Trinajstić information content (AvgIpc) is 3.48. The van der Waals surface area contributed by atoms with Crippen LogP contribution in [0, 0.1) is 0 Å². The Morgan fingerprint density at radius 2 is 2.09 bits per heavy atom. The third kappa shape index (κ3) is 3.92. The fourth-order valence-electron chi connectivity index (χ4n) is 3.78. The molecule has 33 heavy (non-hydrogen) atoms. The van der Waals surface area contributed by atoms with Crippen molar-refractivity contribution < 1.29 is 17.6 Å². The summed E-state index contributed by atoms with van der Waals surface area (Å²) in [5, 5.41) is 3.13. The molecule has 5 rings (SSSR count). The number of oxazole rings is 1. The SMILES string of the molecule is COc1cccc(-c2nc3occn3c2-c2ccnc(NCCN3CCN(C)S3(=O)=O)n2)c1. The molecule has 3 aromatic heterocycles. The summed E-state index contributed by atoms with van der Waals surface area (Å²) in [6.07, 6.45) is 5.00. The van der Waals surface area contributed by atoms with Crippen LogP contribution < -0.4 is 10.1 Å². The van der Waals surface area contributed by atoms with Gasteiger partial charge in [0.1, 0.15) is 23.4 Å². The standard InChI is InChI=1S/C21H23N7O4S/c1-26-10-11-27(33(26,29)30)9-8-23-20-22-7-6-17(24-20)19-18(25-21-28(19)12-13-32-21)15-4-3-5-16(14-15)31-2/h3-7,12-14H,8-11H2,1-2H3,(H,22,23,24). The molecule has 0 amide bonds. The summed E-state index contributed by atoms with van der Waals surface area (Å²) in [4.78, 5) is 13.6. The lowest BCUT2D eigenvalue weighted by molar-refractivity contribution is 0.415. The van der Waals surface area contributed by atoms with Crippen LogP contribution in [0.4, 0.5) is 5.95 Å². The summed E-state index contributed by atoms with van der Waals surface area (Å²) in [5.74, 6) is 1.56. The predicted molar refractivity (Wildman–Crippen MR) is 122 cm³/mol. The van der Waals surface area contributed by atoms with E-state index in [0.717, 1.165) is 17.0 Å². The lowest BCUT2D eigenvalue weighted by Crippen LogP contribution is -2.34. The third-order valence-electron chi connectivity index (χ3n) is 5.53.